The van der Waals surface area contributed by atoms with Crippen LogP contribution < -0.4 is 0 Å². The van der Waals surface area contributed by atoms with Crippen LogP contribution in [0.5, 0.6) is 0 Å². The lowest BCUT2D eigenvalue weighted by molar-refractivity contribution is 0.134. The Bertz CT molecular complexity index is 278. The Kier molecular flexibility index (Phi) is 2.74. The van der Waals surface area contributed by atoms with Crippen molar-refractivity contribution in [3.8, 4) is 0 Å². The zero-order valence-corrected chi connectivity index (χ0v) is 8.96. The zero-order chi connectivity index (χ0) is 9.26. The Labute approximate surface area is 86.1 Å². The SMILES string of the molecule is OC(CCC1CC1)c1ccc(Br)o1. The molecule has 0 saturated heterocycles. The topological polar surface area (TPSA) is 33.4 Å². The smallest absolute Gasteiger partial charge is 0.169 e. The van der Waals surface area contributed by atoms with Gasteiger partial charge in [0, 0.05) is 0 Å². The molecule has 2 nitrogen and oxygen atoms in total. The first kappa shape index (κ1) is 9.28. The summed E-state index contributed by atoms with van der Waals surface area (Å²) in [4.78, 5) is 0. The van der Waals surface area contributed by atoms with Gasteiger partial charge in [0.05, 0.1) is 0 Å². The lowest BCUT2D eigenvalue weighted by Crippen LogP contribution is -1.95. The van der Waals surface area contributed by atoms with Crippen LogP contribution in [-0.2, 0) is 0 Å². The molecule has 1 aliphatic rings. The molecule has 0 spiro atoms. The van der Waals surface area contributed by atoms with Crippen molar-refractivity contribution in [3.05, 3.63) is 22.6 Å². The normalized spacial score (nSPS) is 18.9. The average Bonchev–Trinajstić information content (AvgIpc) is 2.84. The predicted octanol–water partition coefficient (Wildman–Crippen LogP) is 3.27. The maximum atomic E-state index is 9.70. The van der Waals surface area contributed by atoms with Gasteiger partial charge in [0.2, 0.25) is 0 Å². The van der Waals surface area contributed by atoms with Crippen LogP contribution in [0.2, 0.25) is 0 Å². The summed E-state index contributed by atoms with van der Waals surface area (Å²) in [6.45, 7) is 0. The molecule has 2 rings (SSSR count). The lowest BCUT2D eigenvalue weighted by Gasteiger charge is -2.05. The molecule has 1 aromatic rings. The van der Waals surface area contributed by atoms with E-state index in [1.165, 1.54) is 12.8 Å². The molecule has 72 valence electrons. The maximum Gasteiger partial charge on any atom is 0.169 e. The molecule has 0 amide bonds. The summed E-state index contributed by atoms with van der Waals surface area (Å²) in [6, 6.07) is 3.64. The van der Waals surface area contributed by atoms with Crippen LogP contribution in [0, 0.1) is 5.92 Å². The van der Waals surface area contributed by atoms with Crippen molar-refractivity contribution < 1.29 is 9.52 Å². The standard InChI is InChI=1S/C10H13BrO2/c11-10-6-5-9(13-10)8(12)4-3-7-1-2-7/h5-8,12H,1-4H2. The summed E-state index contributed by atoms with van der Waals surface area (Å²) < 4.78 is 5.95. The average molecular weight is 245 g/mol. The van der Waals surface area contributed by atoms with Gasteiger partial charge in [-0.05, 0) is 46.8 Å². The molecule has 1 atom stereocenters. The third-order valence-electron chi connectivity index (χ3n) is 2.47. The molecule has 1 aliphatic carbocycles. The van der Waals surface area contributed by atoms with E-state index in [4.69, 9.17) is 4.42 Å². The van der Waals surface area contributed by atoms with Gasteiger partial charge in [-0.2, -0.15) is 0 Å². The minimum atomic E-state index is -0.424. The van der Waals surface area contributed by atoms with Crippen LogP contribution in [0.15, 0.2) is 21.2 Å². The van der Waals surface area contributed by atoms with Gasteiger partial charge in [-0.3, -0.25) is 0 Å². The van der Waals surface area contributed by atoms with Gasteiger partial charge in [-0.15, -0.1) is 0 Å². The van der Waals surface area contributed by atoms with Gasteiger partial charge in [-0.1, -0.05) is 12.8 Å². The van der Waals surface area contributed by atoms with Crippen LogP contribution >= 0.6 is 15.9 Å². The van der Waals surface area contributed by atoms with Gasteiger partial charge in [0.15, 0.2) is 4.67 Å². The van der Waals surface area contributed by atoms with E-state index in [2.05, 4.69) is 15.9 Å². The number of hydrogen-bond acceptors (Lipinski definition) is 2. The second-order valence-electron chi connectivity index (χ2n) is 3.68. The molecule has 1 N–H and O–H groups in total. The molecule has 1 heterocycles. The number of furan rings is 1. The molecule has 13 heavy (non-hydrogen) atoms. The fraction of sp³-hybridized carbons (Fsp3) is 0.600. The van der Waals surface area contributed by atoms with Crippen molar-refractivity contribution in [2.45, 2.75) is 31.8 Å². The first-order valence-corrected chi connectivity index (χ1v) is 5.48. The minimum absolute atomic E-state index is 0.424. The molecule has 1 saturated carbocycles. The number of aliphatic hydroxyl groups is 1. The van der Waals surface area contributed by atoms with E-state index >= 15 is 0 Å². The van der Waals surface area contributed by atoms with E-state index in [0.717, 1.165) is 18.8 Å². The number of rotatable bonds is 4. The largest absolute Gasteiger partial charge is 0.452 e. The third-order valence-corrected chi connectivity index (χ3v) is 2.89. The van der Waals surface area contributed by atoms with Gasteiger partial charge >= 0.3 is 0 Å². The Hall–Kier alpha value is -0.280. The van der Waals surface area contributed by atoms with Gasteiger partial charge in [-0.25, -0.2) is 0 Å². The quantitative estimate of drug-likeness (QED) is 0.883. The van der Waals surface area contributed by atoms with E-state index in [-0.39, 0.29) is 0 Å². The number of halogens is 1. The van der Waals surface area contributed by atoms with Crippen molar-refractivity contribution >= 4 is 15.9 Å². The van der Waals surface area contributed by atoms with Gasteiger partial charge < -0.3 is 9.52 Å². The zero-order valence-electron chi connectivity index (χ0n) is 7.37. The summed E-state index contributed by atoms with van der Waals surface area (Å²) >= 11 is 3.22. The van der Waals surface area contributed by atoms with Crippen LogP contribution in [0.4, 0.5) is 0 Å². The summed E-state index contributed by atoms with van der Waals surface area (Å²) in [5.41, 5.74) is 0. The highest BCUT2D eigenvalue weighted by Crippen LogP contribution is 2.36. The second-order valence-corrected chi connectivity index (χ2v) is 4.46. The maximum absolute atomic E-state index is 9.70. The monoisotopic (exact) mass is 244 g/mol. The highest BCUT2D eigenvalue weighted by atomic mass is 79.9. The van der Waals surface area contributed by atoms with Crippen molar-refractivity contribution in [3.63, 3.8) is 0 Å². The molecule has 0 bridgehead atoms. The first-order valence-electron chi connectivity index (χ1n) is 4.69. The summed E-state index contributed by atoms with van der Waals surface area (Å²) in [5, 5.41) is 9.70. The van der Waals surface area contributed by atoms with E-state index < -0.39 is 6.10 Å². The van der Waals surface area contributed by atoms with Crippen LogP contribution in [-0.4, -0.2) is 5.11 Å². The van der Waals surface area contributed by atoms with E-state index in [0.29, 0.717) is 10.4 Å². The second kappa shape index (κ2) is 3.84. The van der Waals surface area contributed by atoms with Crippen molar-refractivity contribution in [2.24, 2.45) is 5.92 Å². The molecular weight excluding hydrogens is 232 g/mol. The predicted molar refractivity (Wildman–Crippen MR) is 53.3 cm³/mol. The minimum Gasteiger partial charge on any atom is -0.452 e. The molecular formula is C10H13BrO2. The van der Waals surface area contributed by atoms with Crippen LogP contribution in [0.25, 0.3) is 0 Å². The summed E-state index contributed by atoms with van der Waals surface area (Å²) in [6.07, 6.45) is 4.21. The van der Waals surface area contributed by atoms with Crippen molar-refractivity contribution in [1.82, 2.24) is 0 Å². The third kappa shape index (κ3) is 2.58. The Balaban J connectivity index is 1.84. The van der Waals surface area contributed by atoms with Gasteiger partial charge in [0.1, 0.15) is 11.9 Å². The van der Waals surface area contributed by atoms with E-state index in [1.54, 1.807) is 0 Å². The molecule has 0 radical (unpaired) electrons. The van der Waals surface area contributed by atoms with Crippen molar-refractivity contribution in [2.75, 3.05) is 0 Å². The van der Waals surface area contributed by atoms with E-state index in [1.807, 2.05) is 12.1 Å². The molecule has 1 aromatic heterocycles. The van der Waals surface area contributed by atoms with E-state index in [9.17, 15) is 5.11 Å². The van der Waals surface area contributed by atoms with Gasteiger partial charge in [0.25, 0.3) is 0 Å². The summed E-state index contributed by atoms with van der Waals surface area (Å²) in [5.74, 6) is 1.54. The Morgan fingerprint density at radius 3 is 2.85 bits per heavy atom. The first-order chi connectivity index (χ1) is 6.25. The lowest BCUT2D eigenvalue weighted by atomic mass is 10.1. The molecule has 1 unspecified atom stereocenters. The summed E-state index contributed by atoms with van der Waals surface area (Å²) in [7, 11) is 0. The fourth-order valence-corrected chi connectivity index (χ4v) is 1.77. The van der Waals surface area contributed by atoms with Crippen molar-refractivity contribution in [1.29, 1.82) is 0 Å². The number of hydrogen-bond donors (Lipinski definition) is 1. The van der Waals surface area contributed by atoms with Crippen LogP contribution in [0.1, 0.15) is 37.5 Å². The molecule has 3 heteroatoms. The number of aliphatic hydroxyl groups excluding tert-OH is 1. The van der Waals surface area contributed by atoms with Crippen LogP contribution in [0.3, 0.4) is 0 Å². The highest BCUT2D eigenvalue weighted by molar-refractivity contribution is 9.10. The fourth-order valence-electron chi connectivity index (χ4n) is 1.45. The highest BCUT2D eigenvalue weighted by Gasteiger charge is 2.23. The Morgan fingerprint density at radius 1 is 1.54 bits per heavy atom. The molecule has 0 aliphatic heterocycles. The molecule has 0 aromatic carbocycles. The molecule has 1 fully saturated rings. The Morgan fingerprint density at radius 2 is 2.31 bits per heavy atom.